The normalized spacial score (nSPS) is 21.9. The number of carbonyl (C=O) groups excluding carboxylic acids is 2. The summed E-state index contributed by atoms with van der Waals surface area (Å²) in [6, 6.07) is 9.11. The van der Waals surface area contributed by atoms with Crippen molar-refractivity contribution >= 4 is 40.1 Å². The number of aromatic nitrogens is 2. The number of alkyl halides is 2. The van der Waals surface area contributed by atoms with E-state index < -0.39 is 12.3 Å². The van der Waals surface area contributed by atoms with Gasteiger partial charge in [-0.25, -0.2) is 13.8 Å². The lowest BCUT2D eigenvalue weighted by Crippen LogP contribution is -2.34. The van der Waals surface area contributed by atoms with Crippen molar-refractivity contribution in [2.45, 2.75) is 76.1 Å². The number of imidazole rings is 1. The molecule has 1 atom stereocenters. The Labute approximate surface area is 236 Å². The molecule has 2 fully saturated rings. The van der Waals surface area contributed by atoms with Crippen molar-refractivity contribution in [3.63, 3.8) is 0 Å². The fourth-order valence-electron chi connectivity index (χ4n) is 5.70. The number of amides is 2. The molecular formula is C29H35F2N5O3S. The lowest BCUT2D eigenvalue weighted by Gasteiger charge is -2.26. The standard InChI is InChI=1S/C29H35F2N5O3S/c1-2-26(38)35-14-3-4-20(13-15-35)36-23-10-5-18(17-32-19-6-8-21(37)9-7-19)16-22(23)33-29(36)34-28(39)25-12-11-24(40-25)27(30)31/h2,5,10-12,16,19-21,27,32,37H,1,3-4,6-9,13-15,17H2,(H,33,34,39)/t19?,20-,21?/m1/s1. The molecule has 1 saturated heterocycles. The molecule has 2 aromatic heterocycles. The number of aliphatic hydroxyl groups excluding tert-OH is 1. The van der Waals surface area contributed by atoms with Crippen LogP contribution in [0.15, 0.2) is 43.0 Å². The first-order chi connectivity index (χ1) is 19.3. The van der Waals surface area contributed by atoms with Gasteiger partial charge in [0.1, 0.15) is 0 Å². The number of halogens is 2. The molecule has 1 saturated carbocycles. The maximum Gasteiger partial charge on any atom is 0.272 e. The van der Waals surface area contributed by atoms with Crippen LogP contribution in [-0.2, 0) is 11.3 Å². The fraction of sp³-hybridized carbons (Fsp3) is 0.483. The van der Waals surface area contributed by atoms with E-state index >= 15 is 0 Å². The summed E-state index contributed by atoms with van der Waals surface area (Å²) in [5.41, 5.74) is 2.66. The number of rotatable bonds is 8. The molecule has 0 spiro atoms. The number of nitrogens with one attached hydrogen (secondary N) is 2. The quantitative estimate of drug-likeness (QED) is 0.314. The van der Waals surface area contributed by atoms with Gasteiger partial charge in [0, 0.05) is 31.7 Å². The average Bonchev–Trinajstić information content (AvgIpc) is 3.51. The number of benzene rings is 1. The lowest BCUT2D eigenvalue weighted by atomic mass is 9.93. The van der Waals surface area contributed by atoms with Gasteiger partial charge in [-0.2, -0.15) is 0 Å². The van der Waals surface area contributed by atoms with Crippen molar-refractivity contribution < 1.29 is 23.5 Å². The van der Waals surface area contributed by atoms with Crippen LogP contribution in [0.3, 0.4) is 0 Å². The highest BCUT2D eigenvalue weighted by atomic mass is 32.1. The lowest BCUT2D eigenvalue weighted by molar-refractivity contribution is -0.125. The maximum absolute atomic E-state index is 13.1. The van der Waals surface area contributed by atoms with Gasteiger partial charge in [0.25, 0.3) is 12.3 Å². The van der Waals surface area contributed by atoms with Crippen molar-refractivity contribution in [2.24, 2.45) is 0 Å². The molecule has 8 nitrogen and oxygen atoms in total. The van der Waals surface area contributed by atoms with Gasteiger partial charge in [0.15, 0.2) is 0 Å². The Morgan fingerprint density at radius 2 is 1.93 bits per heavy atom. The summed E-state index contributed by atoms with van der Waals surface area (Å²) in [4.78, 5) is 31.9. The highest BCUT2D eigenvalue weighted by molar-refractivity contribution is 7.14. The Morgan fingerprint density at radius 1 is 1.12 bits per heavy atom. The van der Waals surface area contributed by atoms with Crippen LogP contribution in [0.4, 0.5) is 14.7 Å². The number of hydrogen-bond donors (Lipinski definition) is 3. The molecular weight excluding hydrogens is 536 g/mol. The van der Waals surface area contributed by atoms with Crippen molar-refractivity contribution in [3.8, 4) is 0 Å². The molecule has 2 amide bonds. The van der Waals surface area contributed by atoms with Gasteiger partial charge in [-0.3, -0.25) is 14.9 Å². The third kappa shape index (κ3) is 6.42. The Morgan fingerprint density at radius 3 is 2.65 bits per heavy atom. The molecule has 3 heterocycles. The first kappa shape index (κ1) is 28.4. The van der Waals surface area contributed by atoms with E-state index in [1.165, 1.54) is 18.2 Å². The van der Waals surface area contributed by atoms with Crippen LogP contribution >= 0.6 is 11.3 Å². The van der Waals surface area contributed by atoms with E-state index in [4.69, 9.17) is 4.98 Å². The van der Waals surface area contributed by atoms with Crippen LogP contribution in [0, 0.1) is 0 Å². The van der Waals surface area contributed by atoms with Gasteiger partial charge in [0.2, 0.25) is 11.9 Å². The number of thiophene rings is 1. The molecule has 0 bridgehead atoms. The summed E-state index contributed by atoms with van der Waals surface area (Å²) in [5, 5.41) is 16.2. The predicted molar refractivity (Wildman–Crippen MR) is 152 cm³/mol. The smallest absolute Gasteiger partial charge is 0.272 e. The van der Waals surface area contributed by atoms with E-state index in [-0.39, 0.29) is 27.8 Å². The molecule has 11 heteroatoms. The first-order valence-electron chi connectivity index (χ1n) is 13.8. The molecule has 3 N–H and O–H groups in total. The summed E-state index contributed by atoms with van der Waals surface area (Å²) in [7, 11) is 0. The van der Waals surface area contributed by atoms with E-state index in [0.29, 0.717) is 38.0 Å². The van der Waals surface area contributed by atoms with Crippen LogP contribution < -0.4 is 10.6 Å². The highest BCUT2D eigenvalue weighted by Gasteiger charge is 2.26. The number of hydrogen-bond acceptors (Lipinski definition) is 6. The van der Waals surface area contributed by atoms with Gasteiger partial charge >= 0.3 is 0 Å². The van der Waals surface area contributed by atoms with E-state index in [1.54, 1.807) is 4.90 Å². The van der Waals surface area contributed by atoms with Crippen molar-refractivity contribution in [2.75, 3.05) is 18.4 Å². The summed E-state index contributed by atoms with van der Waals surface area (Å²) < 4.78 is 28.3. The summed E-state index contributed by atoms with van der Waals surface area (Å²) in [5.74, 6) is -0.208. The molecule has 1 aliphatic carbocycles. The number of fused-ring (bicyclic) bond motifs is 1. The van der Waals surface area contributed by atoms with Crippen molar-refractivity contribution in [3.05, 3.63) is 58.3 Å². The van der Waals surface area contributed by atoms with Crippen LogP contribution in [0.2, 0.25) is 0 Å². The number of likely N-dealkylation sites (tertiary alicyclic amines) is 1. The van der Waals surface area contributed by atoms with E-state index in [2.05, 4.69) is 23.3 Å². The van der Waals surface area contributed by atoms with Gasteiger partial charge < -0.3 is 19.9 Å². The Bertz CT molecular complexity index is 1360. The first-order valence-corrected chi connectivity index (χ1v) is 14.7. The zero-order valence-electron chi connectivity index (χ0n) is 22.3. The predicted octanol–water partition coefficient (Wildman–Crippen LogP) is 5.42. The summed E-state index contributed by atoms with van der Waals surface area (Å²) in [6.07, 6.45) is 4.27. The van der Waals surface area contributed by atoms with Crippen LogP contribution in [-0.4, -0.2) is 56.6 Å². The summed E-state index contributed by atoms with van der Waals surface area (Å²) in [6.45, 7) is 5.46. The fourth-order valence-corrected chi connectivity index (χ4v) is 6.45. The maximum atomic E-state index is 13.1. The van der Waals surface area contributed by atoms with E-state index in [0.717, 1.165) is 66.5 Å². The monoisotopic (exact) mass is 571 g/mol. The summed E-state index contributed by atoms with van der Waals surface area (Å²) >= 11 is 0.772. The second-order valence-electron chi connectivity index (χ2n) is 10.6. The van der Waals surface area contributed by atoms with Gasteiger partial charge in [-0.05, 0) is 80.9 Å². The van der Waals surface area contributed by atoms with Crippen LogP contribution in [0.1, 0.15) is 77.5 Å². The molecule has 0 unspecified atom stereocenters. The topological polar surface area (TPSA) is 99.5 Å². The number of carbonyl (C=O) groups is 2. The third-order valence-electron chi connectivity index (χ3n) is 7.89. The Hall–Kier alpha value is -3.15. The third-order valence-corrected chi connectivity index (χ3v) is 8.98. The highest BCUT2D eigenvalue weighted by Crippen LogP contribution is 2.33. The molecule has 5 rings (SSSR count). The number of nitrogens with zero attached hydrogens (tertiary/aromatic N) is 3. The number of anilines is 1. The van der Waals surface area contributed by atoms with Crippen LogP contribution in [0.5, 0.6) is 0 Å². The number of aliphatic hydroxyl groups is 1. The zero-order chi connectivity index (χ0) is 28.2. The van der Waals surface area contributed by atoms with Crippen molar-refractivity contribution in [1.29, 1.82) is 0 Å². The molecule has 1 aromatic carbocycles. The van der Waals surface area contributed by atoms with E-state index in [9.17, 15) is 23.5 Å². The molecule has 1 aliphatic heterocycles. The SMILES string of the molecule is C=CC(=O)N1CCC[C@@H](n2c(NC(=O)c3ccc(C(F)F)s3)nc3cc(CNC4CCC(O)CC4)ccc32)CC1. The minimum Gasteiger partial charge on any atom is -0.393 e. The van der Waals surface area contributed by atoms with Gasteiger partial charge in [-0.1, -0.05) is 12.6 Å². The zero-order valence-corrected chi connectivity index (χ0v) is 23.1. The second-order valence-corrected chi connectivity index (χ2v) is 11.7. The molecule has 40 heavy (non-hydrogen) atoms. The Balaban J connectivity index is 1.41. The van der Waals surface area contributed by atoms with Gasteiger partial charge in [0.05, 0.1) is 26.9 Å². The molecule has 214 valence electrons. The van der Waals surface area contributed by atoms with Crippen LogP contribution in [0.25, 0.3) is 11.0 Å². The largest absolute Gasteiger partial charge is 0.393 e. The van der Waals surface area contributed by atoms with E-state index in [1.807, 2.05) is 16.7 Å². The van der Waals surface area contributed by atoms with Crippen molar-refractivity contribution in [1.82, 2.24) is 19.8 Å². The second kappa shape index (κ2) is 12.6. The Kier molecular flexibility index (Phi) is 8.92. The average molecular weight is 572 g/mol. The molecule has 3 aromatic rings. The van der Waals surface area contributed by atoms with Gasteiger partial charge in [-0.15, -0.1) is 11.3 Å². The minimum absolute atomic E-state index is 0.0134. The minimum atomic E-state index is -2.63. The molecule has 2 aliphatic rings. The molecule has 0 radical (unpaired) electrons.